The maximum Gasteiger partial charge on any atom is 0.408 e. The normalized spacial score (nSPS) is 11.4. The van der Waals surface area contributed by atoms with Crippen LogP contribution in [0.25, 0.3) is 0 Å². The van der Waals surface area contributed by atoms with E-state index in [0.29, 0.717) is 12.8 Å². The number of aliphatic imine (C=N–C) groups is 2. The highest BCUT2D eigenvalue weighted by molar-refractivity contribution is 5.90. The molecule has 0 bridgehead atoms. The van der Waals surface area contributed by atoms with Gasteiger partial charge in [0.25, 0.3) is 0 Å². The van der Waals surface area contributed by atoms with Crippen molar-refractivity contribution >= 4 is 48.0 Å². The van der Waals surface area contributed by atoms with Crippen LogP contribution in [-0.4, -0.2) is 202 Å². The molecule has 0 aliphatic rings. The number of alkyl halides is 6. The minimum absolute atomic E-state index is 0. The van der Waals surface area contributed by atoms with Gasteiger partial charge in [0.2, 0.25) is 18.4 Å². The number of halogens is 6. The summed E-state index contributed by atoms with van der Waals surface area (Å²) in [6.07, 6.45) is -3.81. The monoisotopic (exact) mass is 1170 g/mol. The van der Waals surface area contributed by atoms with Crippen LogP contribution in [0.15, 0.2) is 70.6 Å². The van der Waals surface area contributed by atoms with Crippen LogP contribution in [0, 0.1) is 20.2 Å². The SMILES string of the molecule is C[N+](=O)[O-].NC(N)=NCCC[C@H](NC(=O)OCc1ccccc1)C(=O)NCC(=O)CF.NC(N)=NCCC[C@H](NC(=O)OCc1ccccc1)C(=O)NCC(O)CF.NCC(O)CF.O=CCF.O=[N+]([O-])CC(O)CF.OCCF.[HH]. The summed E-state index contributed by atoms with van der Waals surface area (Å²) in [6.45, 7) is -6.59. The lowest BCUT2D eigenvalue weighted by Crippen LogP contribution is -2.48. The maximum atomic E-state index is 12.3. The number of rotatable bonds is 29. The largest absolute Gasteiger partial charge is 0.445 e. The third kappa shape index (κ3) is 60.8. The molecule has 0 aliphatic heterocycles. The van der Waals surface area contributed by atoms with Crippen molar-refractivity contribution in [2.45, 2.75) is 69.3 Å². The molecule has 2 aromatic rings. The first-order valence-corrected chi connectivity index (χ1v) is 23.3. The van der Waals surface area contributed by atoms with Gasteiger partial charge in [-0.3, -0.25) is 44.6 Å². The molecule has 0 spiro atoms. The van der Waals surface area contributed by atoms with E-state index in [0.717, 1.165) is 18.2 Å². The molecule has 5 atom stereocenters. The van der Waals surface area contributed by atoms with E-state index in [9.17, 15) is 65.5 Å². The minimum atomic E-state index is -1.44. The summed E-state index contributed by atoms with van der Waals surface area (Å²) in [4.78, 5) is 92.7. The highest BCUT2D eigenvalue weighted by Crippen LogP contribution is 2.05. The van der Waals surface area contributed by atoms with Crippen molar-refractivity contribution in [2.24, 2.45) is 38.7 Å². The first-order chi connectivity index (χ1) is 37.9. The van der Waals surface area contributed by atoms with Gasteiger partial charge in [0.1, 0.15) is 71.4 Å². The van der Waals surface area contributed by atoms with Crippen LogP contribution < -0.4 is 49.9 Å². The van der Waals surface area contributed by atoms with Gasteiger partial charge in [-0.15, -0.1) is 0 Å². The highest BCUT2D eigenvalue weighted by Gasteiger charge is 2.23. The second-order valence-electron chi connectivity index (χ2n) is 14.9. The van der Waals surface area contributed by atoms with Crippen LogP contribution in [0.4, 0.5) is 35.9 Å². The number of hydrogen-bond donors (Lipinski definition) is 13. The third-order valence-corrected chi connectivity index (χ3v) is 7.97. The molecule has 35 heteroatoms. The van der Waals surface area contributed by atoms with Crippen LogP contribution in [0.1, 0.15) is 38.2 Å². The van der Waals surface area contributed by atoms with Crippen molar-refractivity contribution in [3.8, 4) is 0 Å². The van der Waals surface area contributed by atoms with Crippen LogP contribution in [0.3, 0.4) is 0 Å². The number of amides is 4. The molecular formula is C45H77F6N13O16. The molecule has 4 amide bonds. The Morgan fingerprint density at radius 1 is 0.700 bits per heavy atom. The van der Waals surface area contributed by atoms with Crippen molar-refractivity contribution in [3.05, 3.63) is 92.0 Å². The molecule has 80 heavy (non-hydrogen) atoms. The van der Waals surface area contributed by atoms with Gasteiger partial charge in [-0.1, -0.05) is 60.7 Å². The number of nitrogens with two attached hydrogens (primary N) is 5. The fraction of sp³-hybridized carbons (Fsp3) is 0.556. The van der Waals surface area contributed by atoms with E-state index in [1.807, 2.05) is 24.3 Å². The number of carbonyl (C=O) groups excluding carboxylic acids is 6. The first-order valence-electron chi connectivity index (χ1n) is 23.3. The van der Waals surface area contributed by atoms with Crippen molar-refractivity contribution in [2.75, 3.05) is 93.0 Å². The smallest absolute Gasteiger partial charge is 0.408 e. The number of benzene rings is 2. The lowest BCUT2D eigenvalue weighted by atomic mass is 10.1. The Labute approximate surface area is 457 Å². The van der Waals surface area contributed by atoms with Gasteiger partial charge in [0, 0.05) is 37.5 Å². The Morgan fingerprint density at radius 2 is 1.07 bits per heavy atom. The van der Waals surface area contributed by atoms with Crippen molar-refractivity contribution < 1.29 is 96.3 Å². The molecule has 2 aromatic carbocycles. The molecule has 18 N–H and O–H groups in total. The third-order valence-electron chi connectivity index (χ3n) is 7.97. The lowest BCUT2D eigenvalue weighted by molar-refractivity contribution is -0.490. The fourth-order valence-corrected chi connectivity index (χ4v) is 4.40. The number of alkyl carbamates (subject to hydrolysis) is 2. The Hall–Kier alpha value is -8.02. The molecule has 0 aliphatic carbocycles. The van der Waals surface area contributed by atoms with Gasteiger partial charge >= 0.3 is 12.2 Å². The Kier molecular flexibility index (Phi) is 57.8. The zero-order valence-corrected chi connectivity index (χ0v) is 43.8. The number of nitrogens with one attached hydrogen (secondary N) is 4. The summed E-state index contributed by atoms with van der Waals surface area (Å²) >= 11 is 0. The lowest BCUT2D eigenvalue weighted by Gasteiger charge is -2.19. The number of aliphatic hydroxyl groups is 4. The minimum Gasteiger partial charge on any atom is -0.445 e. The maximum absolute atomic E-state index is 12.3. The quantitative estimate of drug-likeness (QED) is 0.00873. The summed E-state index contributed by atoms with van der Waals surface area (Å²) in [5.74, 6) is -2.12. The zero-order chi connectivity index (χ0) is 62.1. The predicted molar refractivity (Wildman–Crippen MR) is 281 cm³/mol. The van der Waals surface area contributed by atoms with E-state index in [1.165, 1.54) is 0 Å². The molecule has 29 nitrogen and oxygen atoms in total. The van der Waals surface area contributed by atoms with E-state index >= 15 is 0 Å². The van der Waals surface area contributed by atoms with E-state index in [1.54, 1.807) is 36.4 Å². The number of ether oxygens (including phenoxy) is 2. The number of guanidine groups is 2. The van der Waals surface area contributed by atoms with Gasteiger partial charge in [-0.05, 0) is 36.8 Å². The van der Waals surface area contributed by atoms with Crippen LogP contribution in [0.5, 0.6) is 0 Å². The topological polar surface area (TPSA) is 491 Å². The zero-order valence-electron chi connectivity index (χ0n) is 43.8. The van der Waals surface area contributed by atoms with Gasteiger partial charge in [0.15, 0.2) is 31.0 Å². The number of Topliss-reactive ketones (excluding diaryl/α,β-unsaturated/α-hetero) is 1. The standard InChI is InChI=1S/C17H26FN5O4.C17H24FN5O4.C3H6FNO3.C3H8FNO.C2H5FO.C2H3FO.CH3NO2.H2/c2*18-9-13(24)10-22-15(25)14(7-4-8-21-16(19)20)23-17(26)27-11-12-5-2-1-3-6-12;4-1-3(6)2-5(7)8;4-1-3(6)2-5;2*3-1-2-4;1-2(3)4;/h1-3,5-6,13-14,24H,4,7-11H2,(H,22,25)(H,23,26)(H4,19,20,21);1-3,5-6,14H,4,7-11H2,(H,22,25)(H,23,26)(H4,19,20,21);3,6H,1-2H2;3,6H,1-2,5H2;4H,1-2H2;2H,1H2;1H3;1H/t13?,14-;14-;;;;;;/m00....../s1. The summed E-state index contributed by atoms with van der Waals surface area (Å²) in [7, 11) is 0.889. The number of hydrogen-bond acceptors (Lipinski definition) is 19. The molecule has 0 saturated heterocycles. The van der Waals surface area contributed by atoms with E-state index < -0.39 is 123 Å². The number of nitrogens with zero attached hydrogens (tertiary/aromatic N) is 4. The number of carbonyl (C=O) groups is 6. The molecule has 460 valence electrons. The van der Waals surface area contributed by atoms with Crippen LogP contribution in [-0.2, 0) is 41.9 Å². The van der Waals surface area contributed by atoms with Gasteiger partial charge in [0.05, 0.1) is 25.4 Å². The summed E-state index contributed by atoms with van der Waals surface area (Å²) in [5, 5.41) is 60.9. The van der Waals surface area contributed by atoms with E-state index in [-0.39, 0.29) is 78.5 Å². The Bertz CT molecular complexity index is 1990. The molecule has 0 saturated carbocycles. The predicted octanol–water partition coefficient (Wildman–Crippen LogP) is -1.12. The second-order valence-corrected chi connectivity index (χ2v) is 14.9. The van der Waals surface area contributed by atoms with Crippen LogP contribution in [0.2, 0.25) is 0 Å². The van der Waals surface area contributed by atoms with Crippen molar-refractivity contribution in [1.82, 2.24) is 21.3 Å². The number of aldehydes is 1. The molecule has 2 rings (SSSR count). The molecule has 0 fully saturated rings. The summed E-state index contributed by atoms with van der Waals surface area (Å²) in [6, 6.07) is 16.2. The average Bonchev–Trinajstić information content (AvgIpc) is 3.44. The molecule has 0 radical (unpaired) electrons. The van der Waals surface area contributed by atoms with Gasteiger partial charge in [-0.25, -0.2) is 35.9 Å². The molecule has 0 heterocycles. The van der Waals surface area contributed by atoms with Gasteiger partial charge < -0.3 is 84.6 Å². The number of ketones is 1. The van der Waals surface area contributed by atoms with Gasteiger partial charge in [-0.2, -0.15) is 0 Å². The van der Waals surface area contributed by atoms with E-state index in [4.69, 9.17) is 68.4 Å². The Balaban J connectivity index is -0.000000240. The summed E-state index contributed by atoms with van der Waals surface area (Å²) < 4.78 is 77.8. The molecule has 0 aromatic heterocycles. The second kappa shape index (κ2) is 57.2. The van der Waals surface area contributed by atoms with Crippen LogP contribution >= 0.6 is 0 Å². The first kappa shape index (κ1) is 80.8. The van der Waals surface area contributed by atoms with Crippen molar-refractivity contribution in [1.29, 1.82) is 0 Å². The number of nitro groups is 2. The van der Waals surface area contributed by atoms with E-state index in [2.05, 4.69) is 31.3 Å². The molecular weight excluding hydrogens is 1090 g/mol. The molecule has 3 unspecified atom stereocenters. The van der Waals surface area contributed by atoms with Crippen molar-refractivity contribution in [3.63, 3.8) is 0 Å². The number of aliphatic hydroxyl groups excluding tert-OH is 4. The average molecular weight is 1170 g/mol. The highest BCUT2D eigenvalue weighted by atomic mass is 19.1. The summed E-state index contributed by atoms with van der Waals surface area (Å²) in [5.41, 5.74) is 27.3. The fourth-order valence-electron chi connectivity index (χ4n) is 4.40. The Morgan fingerprint density at radius 3 is 1.35 bits per heavy atom.